The summed E-state index contributed by atoms with van der Waals surface area (Å²) in [5, 5.41) is 4.63. The standard InChI is InChI=1S/C22H19N3O3S2/c1-27-16-8-15(9-17(10-16)28-2)25-20(26)12-29-21-18-11-19(14-6-4-3-5-7-14)30-22(18)24-13-23-21/h3-11,13H,12H2,1-2H3,(H,25,26). The highest BCUT2D eigenvalue weighted by Crippen LogP contribution is 2.36. The normalized spacial score (nSPS) is 10.7. The Morgan fingerprint density at radius 1 is 1.03 bits per heavy atom. The predicted molar refractivity (Wildman–Crippen MR) is 122 cm³/mol. The summed E-state index contributed by atoms with van der Waals surface area (Å²) in [6.45, 7) is 0. The van der Waals surface area contributed by atoms with Gasteiger partial charge in [0.15, 0.2) is 0 Å². The Labute approximate surface area is 182 Å². The van der Waals surface area contributed by atoms with Crippen LogP contribution in [0.2, 0.25) is 0 Å². The van der Waals surface area contributed by atoms with E-state index in [0.717, 1.165) is 25.7 Å². The van der Waals surface area contributed by atoms with Crippen molar-refractivity contribution in [3.63, 3.8) is 0 Å². The second-order valence-electron chi connectivity index (χ2n) is 6.31. The molecule has 0 fully saturated rings. The Kier molecular flexibility index (Phi) is 6.15. The number of nitrogens with one attached hydrogen (secondary N) is 1. The number of hydrogen-bond donors (Lipinski definition) is 1. The third-order valence-corrected chi connectivity index (χ3v) is 6.42. The first-order valence-corrected chi connectivity index (χ1v) is 10.9. The molecule has 8 heteroatoms. The summed E-state index contributed by atoms with van der Waals surface area (Å²) in [5.41, 5.74) is 1.76. The number of carbonyl (C=O) groups excluding carboxylic acids is 1. The number of fused-ring (bicyclic) bond motifs is 1. The second kappa shape index (κ2) is 9.15. The molecule has 0 aliphatic carbocycles. The number of ether oxygens (including phenoxy) is 2. The van der Waals surface area contributed by atoms with Crippen molar-refractivity contribution in [3.05, 3.63) is 60.9 Å². The van der Waals surface area contributed by atoms with E-state index < -0.39 is 0 Å². The SMILES string of the molecule is COc1cc(NC(=O)CSc2ncnc3sc(-c4ccccc4)cc23)cc(OC)c1. The Bertz CT molecular complexity index is 1160. The van der Waals surface area contributed by atoms with E-state index in [0.29, 0.717) is 17.2 Å². The minimum absolute atomic E-state index is 0.138. The minimum Gasteiger partial charge on any atom is -0.497 e. The number of aromatic nitrogens is 2. The lowest BCUT2D eigenvalue weighted by Crippen LogP contribution is -2.14. The van der Waals surface area contributed by atoms with Crippen LogP contribution in [0.25, 0.3) is 20.7 Å². The van der Waals surface area contributed by atoms with Crippen molar-refractivity contribution in [1.82, 2.24) is 9.97 Å². The Morgan fingerprint density at radius 3 is 2.47 bits per heavy atom. The monoisotopic (exact) mass is 437 g/mol. The molecular formula is C22H19N3O3S2. The van der Waals surface area contributed by atoms with E-state index in [9.17, 15) is 4.79 Å². The topological polar surface area (TPSA) is 73.3 Å². The molecule has 0 saturated heterocycles. The summed E-state index contributed by atoms with van der Waals surface area (Å²) in [7, 11) is 3.14. The minimum atomic E-state index is -0.138. The number of amides is 1. The van der Waals surface area contributed by atoms with E-state index in [1.165, 1.54) is 11.8 Å². The van der Waals surface area contributed by atoms with Gasteiger partial charge in [-0.25, -0.2) is 9.97 Å². The number of carbonyl (C=O) groups is 1. The molecule has 2 heterocycles. The van der Waals surface area contributed by atoms with Crippen LogP contribution in [0, 0.1) is 0 Å². The molecular weight excluding hydrogens is 418 g/mol. The summed E-state index contributed by atoms with van der Waals surface area (Å²) in [6, 6.07) is 17.5. The number of rotatable bonds is 7. The van der Waals surface area contributed by atoms with Crippen LogP contribution >= 0.6 is 23.1 Å². The summed E-state index contributed by atoms with van der Waals surface area (Å²) < 4.78 is 10.5. The lowest BCUT2D eigenvalue weighted by Gasteiger charge is -2.09. The quantitative estimate of drug-likeness (QED) is 0.320. The van der Waals surface area contributed by atoms with Crippen molar-refractivity contribution in [1.29, 1.82) is 0 Å². The maximum absolute atomic E-state index is 12.5. The summed E-state index contributed by atoms with van der Waals surface area (Å²) in [5.74, 6) is 1.31. The molecule has 0 saturated carbocycles. The van der Waals surface area contributed by atoms with Crippen molar-refractivity contribution < 1.29 is 14.3 Å². The average molecular weight is 438 g/mol. The molecule has 0 radical (unpaired) electrons. The predicted octanol–water partition coefficient (Wildman–Crippen LogP) is 5.11. The van der Waals surface area contributed by atoms with Crippen LogP contribution in [-0.4, -0.2) is 35.8 Å². The zero-order valence-corrected chi connectivity index (χ0v) is 18.0. The third-order valence-electron chi connectivity index (χ3n) is 4.33. The number of methoxy groups -OCH3 is 2. The fourth-order valence-corrected chi connectivity index (χ4v) is 4.75. The van der Waals surface area contributed by atoms with Gasteiger partial charge in [-0.05, 0) is 11.6 Å². The van der Waals surface area contributed by atoms with Crippen molar-refractivity contribution in [2.75, 3.05) is 25.3 Å². The molecule has 4 aromatic rings. The maximum Gasteiger partial charge on any atom is 0.234 e. The highest BCUT2D eigenvalue weighted by atomic mass is 32.2. The van der Waals surface area contributed by atoms with Crippen LogP contribution < -0.4 is 14.8 Å². The molecule has 1 N–H and O–H groups in total. The smallest absolute Gasteiger partial charge is 0.234 e. The highest BCUT2D eigenvalue weighted by Gasteiger charge is 2.13. The summed E-state index contributed by atoms with van der Waals surface area (Å²) in [6.07, 6.45) is 1.54. The fraction of sp³-hybridized carbons (Fsp3) is 0.136. The number of nitrogens with zero attached hydrogens (tertiary/aromatic N) is 2. The first-order chi connectivity index (χ1) is 14.7. The van der Waals surface area contributed by atoms with Crippen LogP contribution in [0.1, 0.15) is 0 Å². The van der Waals surface area contributed by atoms with Gasteiger partial charge in [0.05, 0.1) is 20.0 Å². The zero-order valence-electron chi connectivity index (χ0n) is 16.4. The average Bonchev–Trinajstić information content (AvgIpc) is 3.23. The van der Waals surface area contributed by atoms with Gasteiger partial charge in [0.2, 0.25) is 5.91 Å². The van der Waals surface area contributed by atoms with Crippen molar-refractivity contribution in [2.24, 2.45) is 0 Å². The van der Waals surface area contributed by atoms with Gasteiger partial charge in [-0.2, -0.15) is 0 Å². The molecule has 0 spiro atoms. The number of thioether (sulfide) groups is 1. The van der Waals surface area contributed by atoms with Gasteiger partial charge in [0.1, 0.15) is 27.7 Å². The van der Waals surface area contributed by atoms with Gasteiger partial charge in [0.25, 0.3) is 0 Å². The molecule has 0 unspecified atom stereocenters. The van der Waals surface area contributed by atoms with E-state index in [1.807, 2.05) is 18.2 Å². The van der Waals surface area contributed by atoms with E-state index in [4.69, 9.17) is 9.47 Å². The fourth-order valence-electron chi connectivity index (χ4n) is 2.90. The van der Waals surface area contributed by atoms with E-state index in [1.54, 1.807) is 50.1 Å². The first kappa shape index (κ1) is 20.2. The zero-order chi connectivity index (χ0) is 20.9. The van der Waals surface area contributed by atoms with Gasteiger partial charge in [-0.1, -0.05) is 42.1 Å². The number of anilines is 1. The van der Waals surface area contributed by atoms with Gasteiger partial charge >= 0.3 is 0 Å². The Morgan fingerprint density at radius 2 is 1.77 bits per heavy atom. The number of hydrogen-bond acceptors (Lipinski definition) is 7. The second-order valence-corrected chi connectivity index (χ2v) is 8.31. The lowest BCUT2D eigenvalue weighted by atomic mass is 10.2. The molecule has 4 rings (SSSR count). The number of benzene rings is 2. The first-order valence-electron chi connectivity index (χ1n) is 9.12. The van der Waals surface area contributed by atoms with Crippen LogP contribution in [0.4, 0.5) is 5.69 Å². The van der Waals surface area contributed by atoms with Crippen LogP contribution in [0.5, 0.6) is 11.5 Å². The Hall–Kier alpha value is -3.10. The highest BCUT2D eigenvalue weighted by molar-refractivity contribution is 8.00. The lowest BCUT2D eigenvalue weighted by molar-refractivity contribution is -0.113. The van der Waals surface area contributed by atoms with Crippen molar-refractivity contribution >= 4 is 44.9 Å². The number of thiophene rings is 1. The molecule has 2 aromatic heterocycles. The van der Waals surface area contributed by atoms with Gasteiger partial charge < -0.3 is 14.8 Å². The third kappa shape index (κ3) is 4.55. The van der Waals surface area contributed by atoms with Crippen molar-refractivity contribution in [2.45, 2.75) is 5.03 Å². The van der Waals surface area contributed by atoms with Gasteiger partial charge in [-0.3, -0.25) is 4.79 Å². The summed E-state index contributed by atoms with van der Waals surface area (Å²) in [4.78, 5) is 23.3. The van der Waals surface area contributed by atoms with Crippen LogP contribution in [0.15, 0.2) is 66.0 Å². The molecule has 2 aromatic carbocycles. The van der Waals surface area contributed by atoms with Gasteiger partial charge in [-0.15, -0.1) is 11.3 Å². The van der Waals surface area contributed by atoms with E-state index in [2.05, 4.69) is 33.5 Å². The van der Waals surface area contributed by atoms with Crippen LogP contribution in [-0.2, 0) is 4.79 Å². The maximum atomic E-state index is 12.5. The molecule has 0 aliphatic heterocycles. The molecule has 0 bridgehead atoms. The largest absolute Gasteiger partial charge is 0.497 e. The molecule has 30 heavy (non-hydrogen) atoms. The summed E-state index contributed by atoms with van der Waals surface area (Å²) >= 11 is 3.00. The molecule has 1 amide bonds. The van der Waals surface area contributed by atoms with E-state index >= 15 is 0 Å². The van der Waals surface area contributed by atoms with Crippen molar-refractivity contribution in [3.8, 4) is 21.9 Å². The van der Waals surface area contributed by atoms with Crippen LogP contribution in [0.3, 0.4) is 0 Å². The van der Waals surface area contributed by atoms with E-state index in [-0.39, 0.29) is 11.7 Å². The molecule has 0 aliphatic rings. The molecule has 6 nitrogen and oxygen atoms in total. The van der Waals surface area contributed by atoms with Gasteiger partial charge in [0, 0.05) is 34.1 Å². The molecule has 152 valence electrons. The molecule has 0 atom stereocenters. The Balaban J connectivity index is 1.48.